The first-order valence-electron chi connectivity index (χ1n) is 5.58. The number of nitrogens with one attached hydrogen (secondary N) is 1. The number of amides is 1. The van der Waals surface area contributed by atoms with Crippen LogP contribution in [0.2, 0.25) is 0 Å². The average Bonchev–Trinajstić information content (AvgIpc) is 2.86. The predicted octanol–water partition coefficient (Wildman–Crippen LogP) is 0.403. The Kier molecular flexibility index (Phi) is 3.12. The van der Waals surface area contributed by atoms with Crippen LogP contribution in [0.1, 0.15) is 29.8 Å². The molecular formula is C11H15N3O3. The molecular weight excluding hydrogens is 222 g/mol. The molecule has 0 aromatic carbocycles. The van der Waals surface area contributed by atoms with Crippen molar-refractivity contribution < 1.29 is 14.7 Å². The smallest absolute Gasteiger partial charge is 0.306 e. The third-order valence-electron chi connectivity index (χ3n) is 3.05. The number of imidazole rings is 1. The van der Waals surface area contributed by atoms with Crippen molar-refractivity contribution >= 4 is 11.9 Å². The van der Waals surface area contributed by atoms with Gasteiger partial charge in [-0.25, -0.2) is 4.98 Å². The van der Waals surface area contributed by atoms with Crippen molar-refractivity contribution in [2.45, 2.75) is 25.3 Å². The molecule has 1 aliphatic carbocycles. The van der Waals surface area contributed by atoms with Gasteiger partial charge in [0, 0.05) is 19.3 Å². The van der Waals surface area contributed by atoms with E-state index in [2.05, 4.69) is 10.3 Å². The van der Waals surface area contributed by atoms with Gasteiger partial charge in [0.1, 0.15) is 5.69 Å². The fourth-order valence-electron chi connectivity index (χ4n) is 2.13. The number of carbonyl (C=O) groups excluding carboxylic acids is 1. The molecule has 2 rings (SSSR count). The van der Waals surface area contributed by atoms with Gasteiger partial charge in [0.25, 0.3) is 5.91 Å². The van der Waals surface area contributed by atoms with Crippen LogP contribution in [0.5, 0.6) is 0 Å². The lowest BCUT2D eigenvalue weighted by molar-refractivity contribution is -0.141. The molecule has 0 saturated heterocycles. The van der Waals surface area contributed by atoms with Gasteiger partial charge in [-0.2, -0.15) is 0 Å². The van der Waals surface area contributed by atoms with Crippen LogP contribution in [0.15, 0.2) is 12.5 Å². The van der Waals surface area contributed by atoms with Crippen LogP contribution in [-0.4, -0.2) is 32.6 Å². The minimum Gasteiger partial charge on any atom is -0.481 e. The van der Waals surface area contributed by atoms with E-state index in [1.807, 2.05) is 0 Å². The van der Waals surface area contributed by atoms with Gasteiger partial charge in [0.15, 0.2) is 0 Å². The number of nitrogens with zero attached hydrogens (tertiary/aromatic N) is 2. The highest BCUT2D eigenvalue weighted by molar-refractivity contribution is 5.92. The van der Waals surface area contributed by atoms with E-state index in [4.69, 9.17) is 5.11 Å². The molecule has 1 fully saturated rings. The Bertz CT molecular complexity index is 441. The van der Waals surface area contributed by atoms with E-state index >= 15 is 0 Å². The van der Waals surface area contributed by atoms with Crippen LogP contribution in [0.25, 0.3) is 0 Å². The average molecular weight is 237 g/mol. The van der Waals surface area contributed by atoms with Gasteiger partial charge in [-0.1, -0.05) is 0 Å². The van der Waals surface area contributed by atoms with Gasteiger partial charge in [-0.05, 0) is 19.3 Å². The maximum Gasteiger partial charge on any atom is 0.306 e. The van der Waals surface area contributed by atoms with E-state index in [0.717, 1.165) is 6.42 Å². The van der Waals surface area contributed by atoms with Crippen molar-refractivity contribution in [3.05, 3.63) is 18.2 Å². The molecule has 1 amide bonds. The number of aliphatic carboxylic acids is 1. The summed E-state index contributed by atoms with van der Waals surface area (Å²) in [6.07, 6.45) is 5.05. The Morgan fingerprint density at radius 1 is 1.53 bits per heavy atom. The maximum atomic E-state index is 11.8. The molecule has 1 saturated carbocycles. The second-order valence-electron chi connectivity index (χ2n) is 4.44. The standard InChI is InChI=1S/C11H15N3O3/c1-14-5-9(12-6-14)10(15)13-8-3-2-7(4-8)11(16)17/h5-8H,2-4H2,1H3,(H,13,15)(H,16,17)/t7-,8+/m1/s1. The van der Waals surface area contributed by atoms with Crippen LogP contribution in [0.4, 0.5) is 0 Å². The molecule has 1 aromatic heterocycles. The lowest BCUT2D eigenvalue weighted by atomic mass is 10.1. The number of carboxylic acids is 1. The van der Waals surface area contributed by atoms with E-state index in [1.165, 1.54) is 0 Å². The molecule has 6 heteroatoms. The third-order valence-corrected chi connectivity index (χ3v) is 3.05. The van der Waals surface area contributed by atoms with Gasteiger partial charge < -0.3 is 15.0 Å². The Hall–Kier alpha value is -1.85. The first kappa shape index (κ1) is 11.6. The van der Waals surface area contributed by atoms with Crippen LogP contribution in [0.3, 0.4) is 0 Å². The molecule has 1 aliphatic rings. The third kappa shape index (κ3) is 2.64. The number of rotatable bonds is 3. The molecule has 17 heavy (non-hydrogen) atoms. The molecule has 0 spiro atoms. The number of hydrogen-bond donors (Lipinski definition) is 2. The van der Waals surface area contributed by atoms with E-state index < -0.39 is 5.97 Å². The van der Waals surface area contributed by atoms with E-state index in [-0.39, 0.29) is 17.9 Å². The van der Waals surface area contributed by atoms with Gasteiger partial charge in [0.2, 0.25) is 0 Å². The molecule has 92 valence electrons. The zero-order valence-corrected chi connectivity index (χ0v) is 9.59. The highest BCUT2D eigenvalue weighted by Gasteiger charge is 2.30. The summed E-state index contributed by atoms with van der Waals surface area (Å²) in [6, 6.07) is -0.0504. The highest BCUT2D eigenvalue weighted by Crippen LogP contribution is 2.25. The van der Waals surface area contributed by atoms with Crippen LogP contribution >= 0.6 is 0 Å². The van der Waals surface area contributed by atoms with Crippen LogP contribution in [-0.2, 0) is 11.8 Å². The molecule has 6 nitrogen and oxygen atoms in total. The highest BCUT2D eigenvalue weighted by atomic mass is 16.4. The second kappa shape index (κ2) is 4.57. The predicted molar refractivity (Wildman–Crippen MR) is 59.4 cm³/mol. The Labute approximate surface area is 98.7 Å². The summed E-state index contributed by atoms with van der Waals surface area (Å²) < 4.78 is 1.70. The van der Waals surface area contributed by atoms with Gasteiger partial charge >= 0.3 is 5.97 Å². The summed E-state index contributed by atoms with van der Waals surface area (Å²) in [5.74, 6) is -1.34. The van der Waals surface area contributed by atoms with Crippen LogP contribution in [0, 0.1) is 5.92 Å². The Balaban J connectivity index is 1.90. The summed E-state index contributed by atoms with van der Waals surface area (Å²) >= 11 is 0. The number of aryl methyl sites for hydroxylation is 1. The SMILES string of the molecule is Cn1cnc(C(=O)N[C@H]2CC[C@@H](C(=O)O)C2)c1. The van der Waals surface area contributed by atoms with Crippen molar-refractivity contribution in [1.29, 1.82) is 0 Å². The van der Waals surface area contributed by atoms with Crippen molar-refractivity contribution in [2.24, 2.45) is 13.0 Å². The quantitative estimate of drug-likeness (QED) is 0.797. The molecule has 0 aliphatic heterocycles. The van der Waals surface area contributed by atoms with E-state index in [1.54, 1.807) is 24.1 Å². The minimum atomic E-state index is -0.778. The van der Waals surface area contributed by atoms with E-state index in [9.17, 15) is 9.59 Å². The molecule has 0 unspecified atom stereocenters. The number of aromatic nitrogens is 2. The lowest BCUT2D eigenvalue weighted by Crippen LogP contribution is -2.33. The monoisotopic (exact) mass is 237 g/mol. The summed E-state index contributed by atoms with van der Waals surface area (Å²) in [6.45, 7) is 0. The second-order valence-corrected chi connectivity index (χ2v) is 4.44. The zero-order chi connectivity index (χ0) is 12.4. The first-order valence-corrected chi connectivity index (χ1v) is 5.58. The van der Waals surface area contributed by atoms with Crippen molar-refractivity contribution in [3.8, 4) is 0 Å². The van der Waals surface area contributed by atoms with Crippen molar-refractivity contribution in [3.63, 3.8) is 0 Å². The van der Waals surface area contributed by atoms with Crippen LogP contribution < -0.4 is 5.32 Å². The lowest BCUT2D eigenvalue weighted by Gasteiger charge is -2.10. The van der Waals surface area contributed by atoms with Crippen molar-refractivity contribution in [2.75, 3.05) is 0 Å². The molecule has 0 bridgehead atoms. The first-order chi connectivity index (χ1) is 8.06. The summed E-state index contributed by atoms with van der Waals surface area (Å²) in [4.78, 5) is 26.5. The summed E-state index contributed by atoms with van der Waals surface area (Å²) in [5, 5.41) is 11.7. The molecule has 2 atom stereocenters. The van der Waals surface area contributed by atoms with E-state index in [0.29, 0.717) is 18.5 Å². The van der Waals surface area contributed by atoms with Gasteiger partial charge in [-0.15, -0.1) is 0 Å². The molecule has 0 radical (unpaired) electrons. The summed E-state index contributed by atoms with van der Waals surface area (Å²) in [5.41, 5.74) is 0.367. The Morgan fingerprint density at radius 2 is 2.29 bits per heavy atom. The maximum absolute atomic E-state index is 11.8. The fourth-order valence-corrected chi connectivity index (χ4v) is 2.13. The number of carbonyl (C=O) groups is 2. The number of carboxylic acid groups (broad SMARTS) is 1. The largest absolute Gasteiger partial charge is 0.481 e. The minimum absolute atomic E-state index is 0.0504. The van der Waals surface area contributed by atoms with Gasteiger partial charge in [-0.3, -0.25) is 9.59 Å². The molecule has 1 heterocycles. The van der Waals surface area contributed by atoms with Crippen molar-refractivity contribution in [1.82, 2.24) is 14.9 Å². The molecule has 2 N–H and O–H groups in total. The Morgan fingerprint density at radius 3 is 2.82 bits per heavy atom. The summed E-state index contributed by atoms with van der Waals surface area (Å²) in [7, 11) is 1.79. The topological polar surface area (TPSA) is 84.2 Å². The zero-order valence-electron chi connectivity index (χ0n) is 9.59. The number of hydrogen-bond acceptors (Lipinski definition) is 3. The fraction of sp³-hybridized carbons (Fsp3) is 0.545. The van der Waals surface area contributed by atoms with Gasteiger partial charge in [0.05, 0.1) is 12.2 Å². The molecule has 1 aromatic rings. The normalized spacial score (nSPS) is 23.6.